The summed E-state index contributed by atoms with van der Waals surface area (Å²) in [6, 6.07) is 7.86. The van der Waals surface area contributed by atoms with E-state index in [0.29, 0.717) is 29.0 Å². The zero-order valence-electron chi connectivity index (χ0n) is 21.7. The number of rotatable bonds is 10. The van der Waals surface area contributed by atoms with E-state index in [-0.39, 0.29) is 29.6 Å². The van der Waals surface area contributed by atoms with Crippen LogP contribution in [0, 0.1) is 23.7 Å². The van der Waals surface area contributed by atoms with Gasteiger partial charge in [0.15, 0.2) is 0 Å². The van der Waals surface area contributed by atoms with E-state index in [1.807, 2.05) is 19.9 Å². The molecule has 0 radical (unpaired) electrons. The lowest BCUT2D eigenvalue weighted by atomic mass is 9.88. The van der Waals surface area contributed by atoms with E-state index in [9.17, 15) is 9.59 Å². The van der Waals surface area contributed by atoms with Crippen LogP contribution in [-0.2, 0) is 4.79 Å². The first-order valence-corrected chi connectivity index (χ1v) is 13.7. The number of halogens is 1. The number of aromatic nitrogens is 4. The van der Waals surface area contributed by atoms with Gasteiger partial charge < -0.3 is 10.6 Å². The molecule has 3 heterocycles. The van der Waals surface area contributed by atoms with Gasteiger partial charge >= 0.3 is 0 Å². The molecule has 38 heavy (non-hydrogen) atoms. The maximum atomic E-state index is 15.2. The van der Waals surface area contributed by atoms with Crippen molar-refractivity contribution in [1.82, 2.24) is 25.1 Å². The van der Waals surface area contributed by atoms with Crippen LogP contribution in [-0.4, -0.2) is 37.6 Å². The van der Waals surface area contributed by atoms with Gasteiger partial charge in [-0.25, -0.2) is 4.98 Å². The zero-order chi connectivity index (χ0) is 26.4. The molecule has 1 atom stereocenters. The Kier molecular flexibility index (Phi) is 6.45. The molecular formula is C29H33FN6O2. The molecule has 0 bridgehead atoms. The highest BCUT2D eigenvalue weighted by Gasteiger charge is 2.48. The van der Waals surface area contributed by atoms with Crippen molar-refractivity contribution in [2.24, 2.45) is 17.8 Å². The summed E-state index contributed by atoms with van der Waals surface area (Å²) in [5.74, 6) is 0.0148. The minimum atomic E-state index is -0.734. The minimum Gasteiger partial charge on any atom is -0.339 e. The second-order valence-corrected chi connectivity index (χ2v) is 11.2. The fourth-order valence-electron chi connectivity index (χ4n) is 5.58. The van der Waals surface area contributed by atoms with Crippen LogP contribution >= 0.6 is 0 Å². The molecule has 6 rings (SSSR count). The van der Waals surface area contributed by atoms with Gasteiger partial charge in [-0.2, -0.15) is 9.49 Å². The summed E-state index contributed by atoms with van der Waals surface area (Å²) in [4.78, 5) is 35.5. The number of anilines is 1. The zero-order valence-corrected chi connectivity index (χ0v) is 21.7. The molecule has 8 nitrogen and oxygen atoms in total. The average molecular weight is 517 g/mol. The summed E-state index contributed by atoms with van der Waals surface area (Å²) in [5, 5.41) is 10.1. The number of nitrogens with one attached hydrogen (secondary N) is 2. The van der Waals surface area contributed by atoms with Crippen LogP contribution < -0.4 is 10.6 Å². The third-order valence-electron chi connectivity index (χ3n) is 7.87. The quantitative estimate of drug-likeness (QED) is 0.365. The predicted octanol–water partition coefficient (Wildman–Crippen LogP) is 5.11. The van der Waals surface area contributed by atoms with E-state index in [2.05, 4.69) is 25.7 Å². The van der Waals surface area contributed by atoms with Crippen LogP contribution in [0.4, 0.5) is 10.2 Å². The van der Waals surface area contributed by atoms with Crippen molar-refractivity contribution < 1.29 is 14.0 Å². The van der Waals surface area contributed by atoms with Crippen molar-refractivity contribution >= 4 is 17.6 Å². The Morgan fingerprint density at radius 1 is 0.974 bits per heavy atom. The summed E-state index contributed by atoms with van der Waals surface area (Å²) < 4.78 is 16.9. The van der Waals surface area contributed by atoms with Gasteiger partial charge in [0.2, 0.25) is 11.9 Å². The minimum absolute atomic E-state index is 0.00613. The summed E-state index contributed by atoms with van der Waals surface area (Å²) in [6.45, 7) is 3.91. The molecule has 2 amide bonds. The van der Waals surface area contributed by atoms with Crippen molar-refractivity contribution in [1.29, 1.82) is 0 Å². The second kappa shape index (κ2) is 9.93. The number of carbonyl (C=O) groups is 2. The molecule has 0 aliphatic heterocycles. The molecule has 3 aliphatic rings. The third kappa shape index (κ3) is 5.06. The molecular weight excluding hydrogens is 483 g/mol. The van der Waals surface area contributed by atoms with Crippen LogP contribution in [0.5, 0.6) is 0 Å². The first-order valence-electron chi connectivity index (χ1n) is 13.7. The van der Waals surface area contributed by atoms with Crippen LogP contribution in [0.2, 0.25) is 0 Å². The summed E-state index contributed by atoms with van der Waals surface area (Å²) in [5.41, 5.74) is 2.43. The number of pyridine rings is 2. The highest BCUT2D eigenvalue weighted by Crippen LogP contribution is 2.51. The molecule has 3 aliphatic carbocycles. The lowest BCUT2D eigenvalue weighted by molar-refractivity contribution is -0.119. The van der Waals surface area contributed by atoms with Crippen LogP contribution in [0.15, 0.2) is 42.7 Å². The van der Waals surface area contributed by atoms with Gasteiger partial charge in [0.25, 0.3) is 5.91 Å². The number of carbonyl (C=O) groups excluding carboxylic acids is 2. The van der Waals surface area contributed by atoms with E-state index in [0.717, 1.165) is 49.8 Å². The molecule has 0 spiro atoms. The van der Waals surface area contributed by atoms with Gasteiger partial charge in [-0.15, -0.1) is 0 Å². The predicted molar refractivity (Wildman–Crippen MR) is 141 cm³/mol. The van der Waals surface area contributed by atoms with Gasteiger partial charge in [0.1, 0.15) is 17.6 Å². The van der Waals surface area contributed by atoms with E-state index < -0.39 is 12.0 Å². The number of hydrogen-bond donors (Lipinski definition) is 2. The van der Waals surface area contributed by atoms with Gasteiger partial charge in [0.05, 0.1) is 5.69 Å². The second-order valence-electron chi connectivity index (χ2n) is 11.2. The lowest BCUT2D eigenvalue weighted by Gasteiger charge is -2.27. The molecule has 0 aromatic carbocycles. The molecule has 3 fully saturated rings. The van der Waals surface area contributed by atoms with Gasteiger partial charge in [0, 0.05) is 35.5 Å². The first-order chi connectivity index (χ1) is 18.4. The number of amides is 2. The molecule has 3 aromatic heterocycles. The Morgan fingerprint density at radius 2 is 1.71 bits per heavy atom. The maximum Gasteiger partial charge on any atom is 0.270 e. The Morgan fingerprint density at radius 3 is 2.34 bits per heavy atom. The first kappa shape index (κ1) is 24.7. The average Bonchev–Trinajstić information content (AvgIpc) is 3.76. The standard InChI is InChI=1S/C29H33FN6O2/c1-16(2)36-22(13-15-32-36)28(37)35-26(24(17-5-6-17)18-7-8-18)29(38)34-23-12-11-21(27(30)33-23)20-4-3-14-31-25(20)19-9-10-19/h3-4,11-19,24,26H,5-10H2,1-2H3,(H,35,37)(H,33,34,38)/t26-/m0/s1. The van der Waals surface area contributed by atoms with E-state index in [1.165, 1.54) is 0 Å². The molecule has 9 heteroatoms. The van der Waals surface area contributed by atoms with E-state index >= 15 is 4.39 Å². The Bertz CT molecular complexity index is 1350. The normalized spacial score (nSPS) is 18.0. The number of nitrogens with zero attached hydrogens (tertiary/aromatic N) is 4. The topological polar surface area (TPSA) is 102 Å². The van der Waals surface area contributed by atoms with E-state index in [1.54, 1.807) is 41.3 Å². The van der Waals surface area contributed by atoms with Crippen molar-refractivity contribution in [3.8, 4) is 11.1 Å². The summed E-state index contributed by atoms with van der Waals surface area (Å²) >= 11 is 0. The fourth-order valence-corrected chi connectivity index (χ4v) is 5.58. The molecule has 3 saturated carbocycles. The van der Waals surface area contributed by atoms with Crippen molar-refractivity contribution in [2.45, 2.75) is 70.4 Å². The highest BCUT2D eigenvalue weighted by molar-refractivity contribution is 6.00. The smallest absolute Gasteiger partial charge is 0.270 e. The molecule has 2 N–H and O–H groups in total. The van der Waals surface area contributed by atoms with Crippen molar-refractivity contribution in [3.05, 3.63) is 60.1 Å². The van der Waals surface area contributed by atoms with Crippen LogP contribution in [0.3, 0.4) is 0 Å². The maximum absolute atomic E-state index is 15.2. The molecule has 3 aromatic rings. The molecule has 0 unspecified atom stereocenters. The Labute approximate surface area is 221 Å². The number of hydrogen-bond acceptors (Lipinski definition) is 5. The molecule has 0 saturated heterocycles. The summed E-state index contributed by atoms with van der Waals surface area (Å²) in [7, 11) is 0. The van der Waals surface area contributed by atoms with Gasteiger partial charge in [-0.3, -0.25) is 19.3 Å². The van der Waals surface area contributed by atoms with Crippen molar-refractivity contribution in [2.75, 3.05) is 5.32 Å². The van der Waals surface area contributed by atoms with Gasteiger partial charge in [-0.05, 0) is 94.4 Å². The Hall–Kier alpha value is -3.62. The fraction of sp³-hybridized carbons (Fsp3) is 0.483. The SMILES string of the molecule is CC(C)n1nccc1C(=O)N[C@H](C(=O)Nc1ccc(-c2cccnc2C2CC2)c(F)n1)C(C1CC1)C1CC1. The summed E-state index contributed by atoms with van der Waals surface area (Å²) in [6.07, 6.45) is 9.66. The Balaban J connectivity index is 1.24. The third-order valence-corrected chi connectivity index (χ3v) is 7.87. The monoisotopic (exact) mass is 516 g/mol. The van der Waals surface area contributed by atoms with Gasteiger partial charge in [-0.1, -0.05) is 6.07 Å². The molecule has 198 valence electrons. The van der Waals surface area contributed by atoms with Crippen molar-refractivity contribution in [3.63, 3.8) is 0 Å². The van der Waals surface area contributed by atoms with Crippen LogP contribution in [0.1, 0.15) is 80.5 Å². The lowest BCUT2D eigenvalue weighted by Crippen LogP contribution is -2.50. The highest BCUT2D eigenvalue weighted by atomic mass is 19.1. The van der Waals surface area contributed by atoms with Crippen LogP contribution in [0.25, 0.3) is 11.1 Å². The van der Waals surface area contributed by atoms with E-state index in [4.69, 9.17) is 0 Å². The largest absolute Gasteiger partial charge is 0.339 e.